The molecule has 1 aliphatic carbocycles. The number of rotatable bonds is 4. The summed E-state index contributed by atoms with van der Waals surface area (Å²) < 4.78 is 40.2. The van der Waals surface area contributed by atoms with Crippen molar-refractivity contribution in [3.8, 4) is 0 Å². The molecule has 4 rings (SSSR count). The Balaban J connectivity index is 1.37. The third-order valence-corrected chi connectivity index (χ3v) is 6.67. The van der Waals surface area contributed by atoms with Crippen LogP contribution in [0.15, 0.2) is 12.1 Å². The van der Waals surface area contributed by atoms with Crippen molar-refractivity contribution in [3.63, 3.8) is 0 Å². The molecule has 2 heterocycles. The molecule has 0 aromatic heterocycles. The lowest BCUT2D eigenvalue weighted by Gasteiger charge is -2.47. The lowest BCUT2D eigenvalue weighted by atomic mass is 9.71. The highest BCUT2D eigenvalue weighted by Gasteiger charge is 2.44. The average molecular weight is 439 g/mol. The number of aliphatic hydroxyl groups is 1. The number of carbonyl (C=O) groups is 3. The summed E-state index contributed by atoms with van der Waals surface area (Å²) >= 11 is 0. The second kappa shape index (κ2) is 8.14. The fourth-order valence-electron chi connectivity index (χ4n) is 4.87. The summed E-state index contributed by atoms with van der Waals surface area (Å²) in [6, 6.07) is -0.771. The molecule has 0 radical (unpaired) electrons. The van der Waals surface area contributed by atoms with Crippen molar-refractivity contribution in [1.82, 2.24) is 10.2 Å². The first-order chi connectivity index (χ1) is 14.7. The van der Waals surface area contributed by atoms with Gasteiger partial charge in [0.25, 0.3) is 5.91 Å². The van der Waals surface area contributed by atoms with Crippen LogP contribution < -0.4 is 10.2 Å². The van der Waals surface area contributed by atoms with Crippen LogP contribution in [0.1, 0.15) is 44.9 Å². The quantitative estimate of drug-likeness (QED) is 0.557. The zero-order valence-electron chi connectivity index (χ0n) is 16.9. The molecule has 2 saturated heterocycles. The maximum Gasteiger partial charge on any atom is 0.329 e. The molecule has 1 aromatic carbocycles. The number of hydrogen-bond acceptors (Lipinski definition) is 4. The number of halogens is 3. The first-order valence-corrected chi connectivity index (χ1v) is 10.5. The predicted molar refractivity (Wildman–Crippen MR) is 103 cm³/mol. The van der Waals surface area contributed by atoms with Crippen molar-refractivity contribution in [3.05, 3.63) is 29.6 Å². The van der Waals surface area contributed by atoms with E-state index in [-0.39, 0.29) is 24.7 Å². The van der Waals surface area contributed by atoms with Crippen LogP contribution in [0.25, 0.3) is 0 Å². The highest BCUT2D eigenvalue weighted by atomic mass is 19.2. The molecular formula is C21H24F3N3O4. The topological polar surface area (TPSA) is 90.0 Å². The molecule has 0 unspecified atom stereocenters. The number of likely N-dealkylation sites (tertiary alicyclic amines) is 1. The summed E-state index contributed by atoms with van der Waals surface area (Å²) in [5, 5.41) is 13.1. The van der Waals surface area contributed by atoms with Gasteiger partial charge in [-0.15, -0.1) is 0 Å². The first-order valence-electron chi connectivity index (χ1n) is 10.5. The van der Waals surface area contributed by atoms with Crippen molar-refractivity contribution in [2.45, 2.75) is 56.6 Å². The van der Waals surface area contributed by atoms with Crippen LogP contribution in [0.2, 0.25) is 0 Å². The van der Waals surface area contributed by atoms with Gasteiger partial charge in [-0.1, -0.05) is 12.8 Å². The van der Waals surface area contributed by atoms with Gasteiger partial charge in [0.2, 0.25) is 5.91 Å². The molecule has 2 N–H and O–H groups in total. The van der Waals surface area contributed by atoms with Crippen LogP contribution in [-0.2, 0) is 9.59 Å². The molecule has 3 fully saturated rings. The number of nitrogens with zero attached hydrogens (tertiary/aromatic N) is 2. The minimum atomic E-state index is -1.69. The summed E-state index contributed by atoms with van der Waals surface area (Å²) in [6.45, 7) is 0.914. The van der Waals surface area contributed by atoms with Crippen LogP contribution in [0, 0.1) is 23.4 Å². The lowest BCUT2D eigenvalue weighted by molar-refractivity contribution is -0.143. The molecule has 1 aromatic rings. The molecule has 10 heteroatoms. The fraction of sp³-hybridized carbons (Fsp3) is 0.571. The molecule has 3 aliphatic rings. The Labute approximate surface area is 177 Å². The zero-order valence-corrected chi connectivity index (χ0v) is 16.9. The van der Waals surface area contributed by atoms with Gasteiger partial charge in [-0.3, -0.25) is 9.59 Å². The third kappa shape index (κ3) is 4.00. The van der Waals surface area contributed by atoms with E-state index in [2.05, 4.69) is 5.32 Å². The molecule has 2 aliphatic heterocycles. The van der Waals surface area contributed by atoms with E-state index in [0.717, 1.165) is 25.7 Å². The summed E-state index contributed by atoms with van der Waals surface area (Å²) in [6.07, 6.45) is 4.19. The molecule has 31 heavy (non-hydrogen) atoms. The van der Waals surface area contributed by atoms with Crippen LogP contribution in [0.4, 0.5) is 23.7 Å². The molecule has 7 nitrogen and oxygen atoms in total. The molecule has 0 bridgehead atoms. The van der Waals surface area contributed by atoms with Gasteiger partial charge >= 0.3 is 6.03 Å². The summed E-state index contributed by atoms with van der Waals surface area (Å²) in [5.41, 5.74) is -1.12. The highest BCUT2D eigenvalue weighted by molar-refractivity contribution is 6.21. The van der Waals surface area contributed by atoms with Crippen molar-refractivity contribution in [2.24, 2.45) is 5.92 Å². The maximum atomic E-state index is 13.5. The molecule has 3 atom stereocenters. The Morgan fingerprint density at radius 2 is 1.87 bits per heavy atom. The van der Waals surface area contributed by atoms with Gasteiger partial charge in [0.05, 0.1) is 11.3 Å². The molecule has 168 valence electrons. The normalized spacial score (nSPS) is 28.5. The maximum absolute atomic E-state index is 13.5. The zero-order chi connectivity index (χ0) is 22.3. The van der Waals surface area contributed by atoms with Crippen LogP contribution >= 0.6 is 0 Å². The molecule has 1 saturated carbocycles. The number of nitrogens with one attached hydrogen (secondary N) is 1. The van der Waals surface area contributed by atoms with E-state index in [4.69, 9.17) is 0 Å². The Morgan fingerprint density at radius 3 is 2.58 bits per heavy atom. The van der Waals surface area contributed by atoms with Gasteiger partial charge in [0, 0.05) is 37.6 Å². The Kier molecular flexibility index (Phi) is 5.67. The van der Waals surface area contributed by atoms with Gasteiger partial charge in [0.15, 0.2) is 17.5 Å². The van der Waals surface area contributed by atoms with Gasteiger partial charge in [-0.05, 0) is 25.7 Å². The summed E-state index contributed by atoms with van der Waals surface area (Å²) in [4.78, 5) is 39.7. The average Bonchev–Trinajstić information content (AvgIpc) is 3.02. The van der Waals surface area contributed by atoms with E-state index < -0.39 is 46.7 Å². The van der Waals surface area contributed by atoms with E-state index in [1.54, 1.807) is 4.90 Å². The number of fused-ring (bicyclic) bond motifs is 1. The predicted octanol–water partition coefficient (Wildman–Crippen LogP) is 2.46. The van der Waals surface area contributed by atoms with Crippen molar-refractivity contribution in [2.75, 3.05) is 18.0 Å². The van der Waals surface area contributed by atoms with Crippen LogP contribution in [-0.4, -0.2) is 52.6 Å². The third-order valence-electron chi connectivity index (χ3n) is 6.67. The SMILES string of the molecule is O=C(CC[C@@H]1NC(=O)N(c2cc(F)c(F)c(F)c2)C1=O)N1CC[C@@]2(O)CCCC[C@H]2C1. The molecule has 4 amide bonds. The van der Waals surface area contributed by atoms with E-state index in [0.29, 0.717) is 36.5 Å². The minimum absolute atomic E-state index is 0.00180. The number of piperidine rings is 1. The van der Waals surface area contributed by atoms with Gasteiger partial charge in [-0.25, -0.2) is 22.9 Å². The van der Waals surface area contributed by atoms with Crippen LogP contribution in [0.5, 0.6) is 0 Å². The summed E-state index contributed by atoms with van der Waals surface area (Å²) in [7, 11) is 0. The number of benzene rings is 1. The van der Waals surface area contributed by atoms with Gasteiger partial charge in [0.1, 0.15) is 6.04 Å². The second-order valence-corrected chi connectivity index (χ2v) is 8.57. The summed E-state index contributed by atoms with van der Waals surface area (Å²) in [5.74, 6) is -5.60. The number of anilines is 1. The van der Waals surface area contributed by atoms with E-state index in [9.17, 15) is 32.7 Å². The Bertz CT molecular complexity index is 904. The van der Waals surface area contributed by atoms with E-state index >= 15 is 0 Å². The fourth-order valence-corrected chi connectivity index (χ4v) is 4.87. The number of carbonyl (C=O) groups excluding carboxylic acids is 3. The monoisotopic (exact) mass is 439 g/mol. The van der Waals surface area contributed by atoms with Crippen LogP contribution in [0.3, 0.4) is 0 Å². The first kappa shape index (κ1) is 21.6. The minimum Gasteiger partial charge on any atom is -0.389 e. The van der Waals surface area contributed by atoms with Crippen molar-refractivity contribution < 1.29 is 32.7 Å². The van der Waals surface area contributed by atoms with Gasteiger partial charge < -0.3 is 15.3 Å². The van der Waals surface area contributed by atoms with Crippen molar-refractivity contribution >= 4 is 23.5 Å². The number of imide groups is 1. The number of urea groups is 1. The Morgan fingerprint density at radius 1 is 1.16 bits per heavy atom. The standard InChI is InChI=1S/C21H24F3N3O4/c22-14-9-13(10-15(23)18(14)24)27-19(29)16(25-20(27)30)4-5-17(28)26-8-7-21(31)6-2-1-3-12(21)11-26/h9-10,12,16,31H,1-8,11H2,(H,25,30)/t12-,16-,21-/m0/s1. The molecular weight excluding hydrogens is 415 g/mol. The number of hydrogen-bond donors (Lipinski definition) is 2. The lowest BCUT2D eigenvalue weighted by Crippen LogP contribution is -2.54. The van der Waals surface area contributed by atoms with Gasteiger partial charge in [-0.2, -0.15) is 0 Å². The number of amides is 4. The molecule has 0 spiro atoms. The highest BCUT2D eigenvalue weighted by Crippen LogP contribution is 2.40. The largest absolute Gasteiger partial charge is 0.389 e. The Hall–Kier alpha value is -2.62. The van der Waals surface area contributed by atoms with E-state index in [1.807, 2.05) is 0 Å². The second-order valence-electron chi connectivity index (χ2n) is 8.57. The smallest absolute Gasteiger partial charge is 0.329 e. The van der Waals surface area contributed by atoms with Crippen molar-refractivity contribution in [1.29, 1.82) is 0 Å². The van der Waals surface area contributed by atoms with E-state index in [1.165, 1.54) is 0 Å².